The lowest BCUT2D eigenvalue weighted by atomic mass is 10.1. The zero-order valence-corrected chi connectivity index (χ0v) is 13.1. The predicted octanol–water partition coefficient (Wildman–Crippen LogP) is 2.24. The average Bonchev–Trinajstić information content (AvgIpc) is 2.42. The van der Waals surface area contributed by atoms with E-state index < -0.39 is 22.2 Å². The van der Waals surface area contributed by atoms with Crippen molar-refractivity contribution < 1.29 is 18.3 Å². The highest BCUT2D eigenvalue weighted by atomic mass is 35.5. The second kappa shape index (κ2) is 6.21. The van der Waals surface area contributed by atoms with E-state index in [0.717, 1.165) is 9.87 Å². The molecule has 0 bridgehead atoms. The molecule has 0 aromatic heterocycles. The first-order chi connectivity index (χ1) is 9.81. The monoisotopic (exact) mass is 332 g/mol. The van der Waals surface area contributed by atoms with Gasteiger partial charge in [-0.1, -0.05) is 17.7 Å². The van der Waals surface area contributed by atoms with Crippen LogP contribution in [0.1, 0.15) is 24.8 Å². The Morgan fingerprint density at radius 3 is 2.81 bits per heavy atom. The number of hydrogen-bond donors (Lipinski definition) is 2. The number of nitrogens with zero attached hydrogens (tertiary/aromatic N) is 1. The molecule has 6 nitrogen and oxygen atoms in total. The van der Waals surface area contributed by atoms with E-state index in [9.17, 15) is 18.3 Å². The summed E-state index contributed by atoms with van der Waals surface area (Å²) in [6, 6.07) is 3.94. The van der Waals surface area contributed by atoms with Gasteiger partial charge in [0, 0.05) is 6.54 Å². The molecule has 0 spiro atoms. The number of halogens is 1. The Balaban J connectivity index is 2.28. The number of anilines is 1. The lowest BCUT2D eigenvalue weighted by molar-refractivity contribution is -0.142. The van der Waals surface area contributed by atoms with Gasteiger partial charge in [-0.15, -0.1) is 0 Å². The maximum atomic E-state index is 12.4. The number of aryl methyl sites for hydroxylation is 1. The summed E-state index contributed by atoms with van der Waals surface area (Å²) in [6.07, 6.45) is 1.66. The lowest BCUT2D eigenvalue weighted by Gasteiger charge is -2.32. The van der Waals surface area contributed by atoms with E-state index in [1.54, 1.807) is 18.2 Å². The van der Waals surface area contributed by atoms with Gasteiger partial charge in [0.25, 0.3) is 0 Å². The van der Waals surface area contributed by atoms with E-state index in [4.69, 9.17) is 11.6 Å². The molecule has 1 fully saturated rings. The Hall–Kier alpha value is -1.31. The second-order valence-electron chi connectivity index (χ2n) is 5.05. The third-order valence-electron chi connectivity index (χ3n) is 3.41. The topological polar surface area (TPSA) is 86.7 Å². The summed E-state index contributed by atoms with van der Waals surface area (Å²) >= 11 is 5.98. The molecule has 1 atom stereocenters. The molecule has 1 saturated heterocycles. The number of hydrogen-bond acceptors (Lipinski definition) is 3. The first-order valence-corrected chi connectivity index (χ1v) is 8.41. The fraction of sp³-hybridized carbons (Fsp3) is 0.462. The summed E-state index contributed by atoms with van der Waals surface area (Å²) in [7, 11) is -3.95. The van der Waals surface area contributed by atoms with Crippen molar-refractivity contribution in [2.45, 2.75) is 32.2 Å². The third-order valence-corrected chi connectivity index (χ3v) is 5.27. The van der Waals surface area contributed by atoms with Gasteiger partial charge in [0.15, 0.2) is 0 Å². The normalized spacial score (nSPS) is 20.2. The molecule has 1 aromatic rings. The Bertz CT molecular complexity index is 648. The zero-order valence-electron chi connectivity index (χ0n) is 11.5. The molecule has 0 amide bonds. The Kier molecular flexibility index (Phi) is 4.75. The Morgan fingerprint density at radius 2 is 2.14 bits per heavy atom. The maximum absolute atomic E-state index is 12.4. The highest BCUT2D eigenvalue weighted by molar-refractivity contribution is 7.90. The molecule has 2 N–H and O–H groups in total. The quantitative estimate of drug-likeness (QED) is 0.885. The minimum absolute atomic E-state index is 0.190. The maximum Gasteiger partial charge on any atom is 0.322 e. The Morgan fingerprint density at radius 1 is 1.43 bits per heavy atom. The predicted molar refractivity (Wildman–Crippen MR) is 80.7 cm³/mol. The summed E-state index contributed by atoms with van der Waals surface area (Å²) in [5, 5.41) is 9.45. The molecular weight excluding hydrogens is 316 g/mol. The highest BCUT2D eigenvalue weighted by Crippen LogP contribution is 2.27. The van der Waals surface area contributed by atoms with Gasteiger partial charge in [0.05, 0.1) is 10.7 Å². The molecule has 1 aromatic carbocycles. The van der Waals surface area contributed by atoms with Crippen LogP contribution in [0.4, 0.5) is 5.69 Å². The molecular formula is C13H17ClN2O4S. The van der Waals surface area contributed by atoms with Gasteiger partial charge in [-0.05, 0) is 43.9 Å². The molecule has 1 aliphatic rings. The van der Waals surface area contributed by atoms with Gasteiger partial charge >= 0.3 is 16.2 Å². The second-order valence-corrected chi connectivity index (χ2v) is 7.08. The van der Waals surface area contributed by atoms with Gasteiger partial charge in [-0.2, -0.15) is 12.7 Å². The van der Waals surface area contributed by atoms with E-state index in [0.29, 0.717) is 19.3 Å². The van der Waals surface area contributed by atoms with Crippen molar-refractivity contribution in [3.8, 4) is 0 Å². The Labute approximate surface area is 128 Å². The van der Waals surface area contributed by atoms with Crippen molar-refractivity contribution in [3.05, 3.63) is 28.8 Å². The number of carboxylic acid groups (broad SMARTS) is 1. The molecule has 116 valence electrons. The number of carbonyl (C=O) groups is 1. The van der Waals surface area contributed by atoms with E-state index in [-0.39, 0.29) is 17.3 Å². The molecule has 0 radical (unpaired) electrons. The van der Waals surface area contributed by atoms with Crippen molar-refractivity contribution in [1.29, 1.82) is 0 Å². The van der Waals surface area contributed by atoms with Crippen molar-refractivity contribution in [2.75, 3.05) is 11.3 Å². The van der Waals surface area contributed by atoms with Crippen LogP contribution in [-0.2, 0) is 15.0 Å². The summed E-state index contributed by atoms with van der Waals surface area (Å²) in [5.41, 5.74) is 1.11. The number of aliphatic carboxylic acids is 1. The lowest BCUT2D eigenvalue weighted by Crippen LogP contribution is -2.49. The van der Waals surface area contributed by atoms with Crippen LogP contribution >= 0.6 is 11.6 Å². The minimum Gasteiger partial charge on any atom is -0.480 e. The molecule has 1 aliphatic heterocycles. The standard InChI is InChI=1S/C13H17ClN2O4S/c1-9-5-6-10(14)11(8-9)15-21(19,20)16-7-3-2-4-12(16)13(17)18/h5-6,8,12,15H,2-4,7H2,1H3,(H,17,18). The van der Waals surface area contributed by atoms with Crippen molar-refractivity contribution in [3.63, 3.8) is 0 Å². The van der Waals surface area contributed by atoms with Crippen LogP contribution in [0.25, 0.3) is 0 Å². The van der Waals surface area contributed by atoms with E-state index in [1.165, 1.54) is 0 Å². The van der Waals surface area contributed by atoms with Crippen LogP contribution in [0.5, 0.6) is 0 Å². The fourth-order valence-corrected chi connectivity index (χ4v) is 4.04. The van der Waals surface area contributed by atoms with Crippen molar-refractivity contribution in [1.82, 2.24) is 4.31 Å². The van der Waals surface area contributed by atoms with Crippen molar-refractivity contribution >= 4 is 33.5 Å². The molecule has 1 heterocycles. The van der Waals surface area contributed by atoms with E-state index in [1.807, 2.05) is 6.92 Å². The smallest absolute Gasteiger partial charge is 0.322 e. The third kappa shape index (κ3) is 3.66. The molecule has 0 aliphatic carbocycles. The molecule has 21 heavy (non-hydrogen) atoms. The van der Waals surface area contributed by atoms with Gasteiger partial charge < -0.3 is 5.11 Å². The van der Waals surface area contributed by atoms with Gasteiger partial charge in [0.2, 0.25) is 0 Å². The molecule has 8 heteroatoms. The SMILES string of the molecule is Cc1ccc(Cl)c(NS(=O)(=O)N2CCCCC2C(=O)O)c1. The van der Waals surface area contributed by atoms with E-state index >= 15 is 0 Å². The minimum atomic E-state index is -3.95. The first-order valence-electron chi connectivity index (χ1n) is 6.60. The molecule has 2 rings (SSSR count). The summed E-state index contributed by atoms with van der Waals surface area (Å²) in [5.74, 6) is -1.13. The molecule has 1 unspecified atom stereocenters. The van der Waals surface area contributed by atoms with Crippen LogP contribution in [0, 0.1) is 6.92 Å². The van der Waals surface area contributed by atoms with Crippen LogP contribution in [0.2, 0.25) is 5.02 Å². The number of rotatable bonds is 4. The zero-order chi connectivity index (χ0) is 15.6. The highest BCUT2D eigenvalue weighted by Gasteiger charge is 2.36. The molecule has 0 saturated carbocycles. The van der Waals surface area contributed by atoms with Crippen molar-refractivity contribution in [2.24, 2.45) is 0 Å². The number of nitrogens with one attached hydrogen (secondary N) is 1. The van der Waals surface area contributed by atoms with Crippen LogP contribution in [-0.4, -0.2) is 36.4 Å². The van der Waals surface area contributed by atoms with Gasteiger partial charge in [0.1, 0.15) is 6.04 Å². The largest absolute Gasteiger partial charge is 0.480 e. The number of carboxylic acids is 1. The summed E-state index contributed by atoms with van der Waals surface area (Å²) in [4.78, 5) is 11.2. The average molecular weight is 333 g/mol. The number of benzene rings is 1. The van der Waals surface area contributed by atoms with E-state index in [2.05, 4.69) is 4.72 Å². The van der Waals surface area contributed by atoms with Crippen LogP contribution < -0.4 is 4.72 Å². The fourth-order valence-electron chi connectivity index (χ4n) is 2.35. The number of piperidine rings is 1. The summed E-state index contributed by atoms with van der Waals surface area (Å²) in [6.45, 7) is 2.00. The van der Waals surface area contributed by atoms with Gasteiger partial charge in [-0.3, -0.25) is 9.52 Å². The first kappa shape index (κ1) is 16.1. The van der Waals surface area contributed by atoms with Crippen LogP contribution in [0.15, 0.2) is 18.2 Å². The van der Waals surface area contributed by atoms with Gasteiger partial charge in [-0.25, -0.2) is 0 Å². The summed E-state index contributed by atoms with van der Waals surface area (Å²) < 4.78 is 28.2. The van der Waals surface area contributed by atoms with Crippen LogP contribution in [0.3, 0.4) is 0 Å².